The molecule has 0 bridgehead atoms. The Labute approximate surface area is 220 Å². The van der Waals surface area contributed by atoms with Crippen molar-refractivity contribution in [2.75, 3.05) is 23.5 Å². The molecule has 5 rings (SSSR count). The summed E-state index contributed by atoms with van der Waals surface area (Å²) in [5, 5.41) is 1.59. The van der Waals surface area contributed by atoms with Crippen LogP contribution in [0.2, 0.25) is 0 Å². The van der Waals surface area contributed by atoms with Gasteiger partial charge in [-0.15, -0.1) is 0 Å². The van der Waals surface area contributed by atoms with Crippen molar-refractivity contribution in [1.82, 2.24) is 0 Å². The van der Waals surface area contributed by atoms with Gasteiger partial charge in [0, 0.05) is 5.39 Å². The molecule has 4 aromatic rings. The van der Waals surface area contributed by atoms with Crippen molar-refractivity contribution < 1.29 is 23.9 Å². The Hall–Kier alpha value is -4.91. The van der Waals surface area contributed by atoms with Gasteiger partial charge in [-0.25, -0.2) is 14.6 Å². The molecule has 4 aromatic carbocycles. The average Bonchev–Trinajstić information content (AvgIpc) is 2.93. The molecule has 1 fully saturated rings. The van der Waals surface area contributed by atoms with Gasteiger partial charge in [0.05, 0.1) is 25.1 Å². The zero-order chi connectivity index (χ0) is 26.8. The Morgan fingerprint density at radius 3 is 2.24 bits per heavy atom. The van der Waals surface area contributed by atoms with E-state index in [0.717, 1.165) is 26.1 Å². The first-order chi connectivity index (χ1) is 18.4. The van der Waals surface area contributed by atoms with Crippen LogP contribution in [-0.2, 0) is 9.59 Å². The van der Waals surface area contributed by atoms with Crippen molar-refractivity contribution in [1.29, 1.82) is 0 Å². The number of benzene rings is 4. The molecule has 7 nitrogen and oxygen atoms in total. The molecule has 0 spiro atoms. The SMILES string of the molecule is CCOc1cc(/C=C2\C(=O)N(c3ccc(C)cc3)C(=O)N(c3cccc4ccccc34)C2=O)ccc1OC. The summed E-state index contributed by atoms with van der Waals surface area (Å²) >= 11 is 0. The van der Waals surface area contributed by atoms with E-state index in [1.807, 2.05) is 56.3 Å². The van der Waals surface area contributed by atoms with E-state index in [9.17, 15) is 14.4 Å². The molecule has 1 saturated heterocycles. The summed E-state index contributed by atoms with van der Waals surface area (Å²) in [7, 11) is 1.54. The number of barbiturate groups is 1. The summed E-state index contributed by atoms with van der Waals surface area (Å²) < 4.78 is 11.0. The Bertz CT molecular complexity index is 1580. The van der Waals surface area contributed by atoms with Crippen LogP contribution in [0.3, 0.4) is 0 Å². The topological polar surface area (TPSA) is 76.2 Å². The summed E-state index contributed by atoms with van der Waals surface area (Å²) in [5.74, 6) is -0.385. The smallest absolute Gasteiger partial charge is 0.343 e. The molecule has 0 aromatic heterocycles. The Morgan fingerprint density at radius 1 is 0.789 bits per heavy atom. The molecule has 190 valence electrons. The van der Waals surface area contributed by atoms with E-state index in [1.54, 1.807) is 42.5 Å². The van der Waals surface area contributed by atoms with Gasteiger partial charge >= 0.3 is 6.03 Å². The number of amides is 4. The fraction of sp³-hybridized carbons (Fsp3) is 0.129. The number of fused-ring (bicyclic) bond motifs is 1. The third-order valence-electron chi connectivity index (χ3n) is 6.35. The first-order valence-corrected chi connectivity index (χ1v) is 12.2. The van der Waals surface area contributed by atoms with Crippen LogP contribution in [0.1, 0.15) is 18.1 Å². The van der Waals surface area contributed by atoms with E-state index in [1.165, 1.54) is 13.2 Å². The minimum Gasteiger partial charge on any atom is -0.493 e. The Balaban J connectivity index is 1.69. The van der Waals surface area contributed by atoms with Crippen LogP contribution in [0.25, 0.3) is 16.8 Å². The first kappa shape index (κ1) is 24.8. The maximum Gasteiger partial charge on any atom is 0.343 e. The number of hydrogen-bond acceptors (Lipinski definition) is 5. The second-order valence-electron chi connectivity index (χ2n) is 8.80. The van der Waals surface area contributed by atoms with Crippen LogP contribution >= 0.6 is 0 Å². The quantitative estimate of drug-likeness (QED) is 0.232. The molecule has 0 radical (unpaired) electrons. The lowest BCUT2D eigenvalue weighted by atomic mass is 10.0. The summed E-state index contributed by atoms with van der Waals surface area (Å²) in [5.41, 5.74) is 2.16. The molecule has 0 atom stereocenters. The molecular formula is C31H26N2O5. The van der Waals surface area contributed by atoms with Gasteiger partial charge in [0.15, 0.2) is 11.5 Å². The van der Waals surface area contributed by atoms with Crippen molar-refractivity contribution >= 4 is 46.1 Å². The van der Waals surface area contributed by atoms with E-state index in [0.29, 0.717) is 35.0 Å². The fourth-order valence-corrected chi connectivity index (χ4v) is 4.48. The van der Waals surface area contributed by atoms with Crippen LogP contribution in [-0.4, -0.2) is 31.6 Å². The zero-order valence-electron chi connectivity index (χ0n) is 21.3. The highest BCUT2D eigenvalue weighted by Gasteiger charge is 2.44. The van der Waals surface area contributed by atoms with Crippen molar-refractivity contribution in [2.24, 2.45) is 0 Å². The van der Waals surface area contributed by atoms with E-state index >= 15 is 0 Å². The summed E-state index contributed by atoms with van der Waals surface area (Å²) in [6, 6.07) is 24.3. The molecule has 7 heteroatoms. The molecule has 0 aliphatic carbocycles. The number of nitrogens with zero attached hydrogens (tertiary/aromatic N) is 2. The van der Waals surface area contributed by atoms with Crippen LogP contribution in [0, 0.1) is 6.92 Å². The highest BCUT2D eigenvalue weighted by molar-refractivity contribution is 6.46. The van der Waals surface area contributed by atoms with Crippen molar-refractivity contribution in [3.05, 3.63) is 102 Å². The van der Waals surface area contributed by atoms with Crippen molar-refractivity contribution in [3.8, 4) is 11.5 Å². The number of carbonyl (C=O) groups is 3. The van der Waals surface area contributed by atoms with Crippen LogP contribution in [0.5, 0.6) is 11.5 Å². The third-order valence-corrected chi connectivity index (χ3v) is 6.35. The maximum absolute atomic E-state index is 13.9. The normalized spacial score (nSPS) is 14.9. The second-order valence-corrected chi connectivity index (χ2v) is 8.80. The van der Waals surface area contributed by atoms with Gasteiger partial charge in [-0.2, -0.15) is 0 Å². The minimum atomic E-state index is -0.734. The minimum absolute atomic E-state index is 0.147. The highest BCUT2D eigenvalue weighted by atomic mass is 16.5. The Kier molecular flexibility index (Phi) is 6.66. The van der Waals surface area contributed by atoms with E-state index < -0.39 is 17.8 Å². The number of urea groups is 1. The molecule has 0 saturated carbocycles. The number of imide groups is 2. The van der Waals surface area contributed by atoms with Crippen LogP contribution in [0.4, 0.5) is 16.2 Å². The number of rotatable bonds is 6. The largest absolute Gasteiger partial charge is 0.493 e. The number of aryl methyl sites for hydroxylation is 1. The van der Waals surface area contributed by atoms with Gasteiger partial charge in [-0.3, -0.25) is 9.59 Å². The van der Waals surface area contributed by atoms with Gasteiger partial charge in [0.25, 0.3) is 11.8 Å². The summed E-state index contributed by atoms with van der Waals surface area (Å²) in [6.45, 7) is 4.19. The molecule has 0 unspecified atom stereocenters. The van der Waals surface area contributed by atoms with Crippen molar-refractivity contribution in [3.63, 3.8) is 0 Å². The standard InChI is InChI=1S/C31H26N2O5/c1-4-38-28-19-21(14-17-27(28)37-3)18-25-29(34)32(23-15-12-20(2)13-16-23)31(36)33(30(25)35)26-11-7-9-22-8-5-6-10-24(22)26/h5-19H,4H2,1-3H3/b25-18+. The molecule has 1 aliphatic rings. The highest BCUT2D eigenvalue weighted by Crippen LogP contribution is 2.35. The first-order valence-electron chi connectivity index (χ1n) is 12.2. The van der Waals surface area contributed by atoms with Gasteiger partial charge in [-0.05, 0) is 61.2 Å². The molecular weight excluding hydrogens is 480 g/mol. The monoisotopic (exact) mass is 506 g/mol. The summed E-state index contributed by atoms with van der Waals surface area (Å²) in [6.07, 6.45) is 1.48. The average molecular weight is 507 g/mol. The lowest BCUT2D eigenvalue weighted by Crippen LogP contribution is -2.57. The van der Waals surface area contributed by atoms with Gasteiger partial charge in [0.2, 0.25) is 0 Å². The van der Waals surface area contributed by atoms with Crippen LogP contribution < -0.4 is 19.3 Å². The predicted octanol–water partition coefficient (Wildman–Crippen LogP) is 6.14. The van der Waals surface area contributed by atoms with Gasteiger partial charge < -0.3 is 9.47 Å². The number of methoxy groups -OCH3 is 1. The fourth-order valence-electron chi connectivity index (χ4n) is 4.48. The van der Waals surface area contributed by atoms with Gasteiger partial charge in [-0.1, -0.05) is 60.2 Å². The number of carbonyl (C=O) groups excluding carboxylic acids is 3. The predicted molar refractivity (Wildman–Crippen MR) is 148 cm³/mol. The lowest BCUT2D eigenvalue weighted by Gasteiger charge is -2.34. The molecule has 1 aliphatic heterocycles. The summed E-state index contributed by atoms with van der Waals surface area (Å²) in [4.78, 5) is 43.6. The van der Waals surface area contributed by atoms with E-state index in [2.05, 4.69) is 0 Å². The number of anilines is 2. The molecule has 0 N–H and O–H groups in total. The molecule has 1 heterocycles. The molecule has 4 amide bonds. The zero-order valence-corrected chi connectivity index (χ0v) is 21.3. The number of hydrogen-bond donors (Lipinski definition) is 0. The third kappa shape index (κ3) is 4.39. The van der Waals surface area contributed by atoms with E-state index in [-0.39, 0.29) is 5.57 Å². The van der Waals surface area contributed by atoms with Crippen molar-refractivity contribution in [2.45, 2.75) is 13.8 Å². The van der Waals surface area contributed by atoms with Gasteiger partial charge in [0.1, 0.15) is 5.57 Å². The van der Waals surface area contributed by atoms with E-state index in [4.69, 9.17) is 9.47 Å². The lowest BCUT2D eigenvalue weighted by molar-refractivity contribution is -0.121. The molecule has 38 heavy (non-hydrogen) atoms. The Morgan fingerprint density at radius 2 is 1.50 bits per heavy atom. The number of ether oxygens (including phenoxy) is 2. The maximum atomic E-state index is 13.9. The van der Waals surface area contributed by atoms with Crippen LogP contribution in [0.15, 0.2) is 90.5 Å². The second kappa shape index (κ2) is 10.2.